The molecule has 0 saturated carbocycles. The number of benzene rings is 1. The largest absolute Gasteiger partial charge is 0.485 e. The van der Waals surface area contributed by atoms with Crippen LogP contribution in [0.2, 0.25) is 0 Å². The minimum atomic E-state index is -0.119. The van der Waals surface area contributed by atoms with Crippen LogP contribution in [0.3, 0.4) is 0 Å². The molecular formula is C21H29N3O3. The molecule has 2 heterocycles. The Kier molecular flexibility index (Phi) is 5.63. The molecule has 1 aromatic heterocycles. The van der Waals surface area contributed by atoms with Crippen LogP contribution in [-0.4, -0.2) is 43.7 Å². The highest BCUT2D eigenvalue weighted by Crippen LogP contribution is 2.32. The Balaban J connectivity index is 1.61. The number of nitrogens with zero attached hydrogens (tertiary/aromatic N) is 2. The van der Waals surface area contributed by atoms with Gasteiger partial charge >= 0.3 is 6.03 Å². The summed E-state index contributed by atoms with van der Waals surface area (Å²) in [5, 5.41) is 3.04. The zero-order valence-electron chi connectivity index (χ0n) is 16.8. The molecule has 1 aliphatic heterocycles. The Bertz CT molecular complexity index is 802. The Hall–Kier alpha value is -2.63. The molecule has 3 rings (SSSR count). The first-order valence-electron chi connectivity index (χ1n) is 9.48. The van der Waals surface area contributed by atoms with Crippen molar-refractivity contribution in [3.05, 3.63) is 47.4 Å². The van der Waals surface area contributed by atoms with E-state index in [4.69, 9.17) is 9.15 Å². The number of para-hydroxylation sites is 2. The van der Waals surface area contributed by atoms with Crippen LogP contribution < -0.4 is 15.0 Å². The van der Waals surface area contributed by atoms with E-state index in [1.807, 2.05) is 45.0 Å². The number of ether oxygens (including phenoxy) is 1. The second-order valence-electron chi connectivity index (χ2n) is 7.17. The maximum absolute atomic E-state index is 12.6. The van der Waals surface area contributed by atoms with Gasteiger partial charge in [0.25, 0.3) is 0 Å². The van der Waals surface area contributed by atoms with E-state index in [2.05, 4.69) is 23.2 Å². The lowest BCUT2D eigenvalue weighted by Gasteiger charge is -2.37. The number of hydrogen-bond acceptors (Lipinski definition) is 4. The predicted octanol–water partition coefficient (Wildman–Crippen LogP) is 3.89. The van der Waals surface area contributed by atoms with Crippen LogP contribution in [0.25, 0.3) is 0 Å². The lowest BCUT2D eigenvalue weighted by molar-refractivity contribution is 0.144. The molecule has 2 unspecified atom stereocenters. The molecule has 0 radical (unpaired) electrons. The molecule has 6 heteroatoms. The van der Waals surface area contributed by atoms with E-state index in [-0.39, 0.29) is 18.2 Å². The van der Waals surface area contributed by atoms with Gasteiger partial charge in [0.15, 0.2) is 0 Å². The van der Waals surface area contributed by atoms with E-state index < -0.39 is 0 Å². The number of fused-ring (bicyclic) bond motifs is 1. The van der Waals surface area contributed by atoms with E-state index in [1.165, 1.54) is 0 Å². The molecule has 1 aliphatic rings. The van der Waals surface area contributed by atoms with Gasteiger partial charge in [0.05, 0.1) is 24.8 Å². The fourth-order valence-corrected chi connectivity index (χ4v) is 3.62. The maximum atomic E-state index is 12.6. The van der Waals surface area contributed by atoms with Gasteiger partial charge in [-0.15, -0.1) is 0 Å². The number of anilines is 1. The molecule has 0 bridgehead atoms. The van der Waals surface area contributed by atoms with Gasteiger partial charge in [-0.2, -0.15) is 0 Å². The van der Waals surface area contributed by atoms with Gasteiger partial charge in [-0.1, -0.05) is 12.1 Å². The number of furan rings is 1. The summed E-state index contributed by atoms with van der Waals surface area (Å²) < 4.78 is 11.7. The molecule has 1 N–H and O–H groups in total. The molecule has 0 spiro atoms. The van der Waals surface area contributed by atoms with Gasteiger partial charge in [0.2, 0.25) is 0 Å². The molecular weight excluding hydrogens is 342 g/mol. The summed E-state index contributed by atoms with van der Waals surface area (Å²) in [6, 6.07) is 9.79. The lowest BCUT2D eigenvalue weighted by atomic mass is 10.1. The number of hydrogen-bond donors (Lipinski definition) is 1. The van der Waals surface area contributed by atoms with Crippen LogP contribution in [0.5, 0.6) is 5.75 Å². The van der Waals surface area contributed by atoms with E-state index in [0.717, 1.165) is 41.6 Å². The molecule has 2 atom stereocenters. The molecule has 2 amide bonds. The van der Waals surface area contributed by atoms with Gasteiger partial charge in [-0.25, -0.2) is 4.79 Å². The number of rotatable bonds is 5. The monoisotopic (exact) mass is 371 g/mol. The topological polar surface area (TPSA) is 58.0 Å². The third-order valence-electron chi connectivity index (χ3n) is 5.02. The number of likely N-dealkylation sites (N-methyl/N-ethyl adjacent to an activating group) is 2. The van der Waals surface area contributed by atoms with E-state index in [0.29, 0.717) is 6.54 Å². The molecule has 0 aliphatic carbocycles. The first-order valence-corrected chi connectivity index (χ1v) is 9.48. The van der Waals surface area contributed by atoms with Crippen molar-refractivity contribution in [2.45, 2.75) is 39.8 Å². The minimum Gasteiger partial charge on any atom is -0.485 e. The smallest absolute Gasteiger partial charge is 0.317 e. The quantitative estimate of drug-likeness (QED) is 0.866. The highest BCUT2D eigenvalue weighted by atomic mass is 16.5. The summed E-state index contributed by atoms with van der Waals surface area (Å²) >= 11 is 0. The van der Waals surface area contributed by atoms with Crippen LogP contribution in [0, 0.1) is 13.8 Å². The first-order chi connectivity index (χ1) is 12.9. The standard InChI is InChI=1S/C21H29N3O3/c1-6-24-13-17(27-20-10-8-7-9-19(20)24)12-23(5)21(25)22-15(3)18-11-14(2)26-16(18)4/h7-11,15,17H,6,12-13H2,1-5H3,(H,22,25). The van der Waals surface area contributed by atoms with E-state index in [9.17, 15) is 4.79 Å². The maximum Gasteiger partial charge on any atom is 0.317 e. The third-order valence-corrected chi connectivity index (χ3v) is 5.02. The molecule has 6 nitrogen and oxygen atoms in total. The number of amides is 2. The van der Waals surface area contributed by atoms with Gasteiger partial charge in [-0.3, -0.25) is 0 Å². The number of nitrogens with one attached hydrogen (secondary N) is 1. The molecule has 27 heavy (non-hydrogen) atoms. The summed E-state index contributed by atoms with van der Waals surface area (Å²) in [6.07, 6.45) is -0.0659. The van der Waals surface area contributed by atoms with E-state index in [1.54, 1.807) is 11.9 Å². The van der Waals surface area contributed by atoms with Crippen LogP contribution in [-0.2, 0) is 0 Å². The van der Waals surface area contributed by atoms with Gasteiger partial charge in [-0.05, 0) is 45.9 Å². The predicted molar refractivity (Wildman–Crippen MR) is 107 cm³/mol. The van der Waals surface area contributed by atoms with Crippen molar-refractivity contribution >= 4 is 11.7 Å². The first kappa shape index (κ1) is 19.1. The molecule has 2 aromatic rings. The second kappa shape index (κ2) is 7.94. The van der Waals surface area contributed by atoms with Crippen LogP contribution in [0.1, 0.15) is 37.0 Å². The average Bonchev–Trinajstić information content (AvgIpc) is 2.99. The summed E-state index contributed by atoms with van der Waals surface area (Å²) in [4.78, 5) is 16.6. The number of carbonyl (C=O) groups is 1. The summed E-state index contributed by atoms with van der Waals surface area (Å²) in [7, 11) is 1.80. The number of carbonyl (C=O) groups excluding carboxylic acids is 1. The van der Waals surface area contributed by atoms with Crippen molar-refractivity contribution in [2.75, 3.05) is 31.6 Å². The molecule has 0 fully saturated rings. The van der Waals surface area contributed by atoms with Crippen LogP contribution >= 0.6 is 0 Å². The minimum absolute atomic E-state index is 0.0659. The molecule has 0 saturated heterocycles. The number of urea groups is 1. The van der Waals surface area contributed by atoms with Crippen LogP contribution in [0.15, 0.2) is 34.7 Å². The van der Waals surface area contributed by atoms with Crippen molar-refractivity contribution < 1.29 is 13.9 Å². The average molecular weight is 371 g/mol. The van der Waals surface area contributed by atoms with Gasteiger partial charge < -0.3 is 24.3 Å². The SMILES string of the molecule is CCN1CC(CN(C)C(=O)NC(C)c2cc(C)oc2C)Oc2ccccc21. The second-order valence-corrected chi connectivity index (χ2v) is 7.17. The van der Waals surface area contributed by atoms with Gasteiger partial charge in [0.1, 0.15) is 23.4 Å². The third kappa shape index (κ3) is 4.21. The highest BCUT2D eigenvalue weighted by molar-refractivity contribution is 5.74. The Morgan fingerprint density at radius 2 is 2.11 bits per heavy atom. The highest BCUT2D eigenvalue weighted by Gasteiger charge is 2.27. The Labute approximate surface area is 161 Å². The van der Waals surface area contributed by atoms with Crippen molar-refractivity contribution in [1.82, 2.24) is 10.2 Å². The molecule has 146 valence electrons. The zero-order valence-corrected chi connectivity index (χ0v) is 16.8. The summed E-state index contributed by atoms with van der Waals surface area (Å²) in [6.45, 7) is 10.1. The van der Waals surface area contributed by atoms with Crippen molar-refractivity contribution in [3.8, 4) is 5.75 Å². The summed E-state index contributed by atoms with van der Waals surface area (Å²) in [5.74, 6) is 2.57. The number of aryl methyl sites for hydroxylation is 2. The zero-order chi connectivity index (χ0) is 19.6. The van der Waals surface area contributed by atoms with Crippen molar-refractivity contribution in [2.24, 2.45) is 0 Å². The Morgan fingerprint density at radius 1 is 1.37 bits per heavy atom. The normalized spacial score (nSPS) is 17.1. The van der Waals surface area contributed by atoms with Gasteiger partial charge in [0, 0.05) is 19.2 Å². The van der Waals surface area contributed by atoms with E-state index >= 15 is 0 Å². The fourth-order valence-electron chi connectivity index (χ4n) is 3.62. The Morgan fingerprint density at radius 3 is 2.78 bits per heavy atom. The molecule has 1 aromatic carbocycles. The van der Waals surface area contributed by atoms with Crippen molar-refractivity contribution in [1.29, 1.82) is 0 Å². The van der Waals surface area contributed by atoms with Crippen molar-refractivity contribution in [3.63, 3.8) is 0 Å². The van der Waals surface area contributed by atoms with Crippen LogP contribution in [0.4, 0.5) is 10.5 Å². The summed E-state index contributed by atoms with van der Waals surface area (Å²) in [5.41, 5.74) is 2.12. The lowest BCUT2D eigenvalue weighted by Crippen LogP contribution is -2.49. The fraction of sp³-hybridized carbons (Fsp3) is 0.476.